The quantitative estimate of drug-likeness (QED) is 0.454. The van der Waals surface area contributed by atoms with Gasteiger partial charge in [0.25, 0.3) is 5.43 Å². The zero-order valence-electron chi connectivity index (χ0n) is 17.8. The van der Waals surface area contributed by atoms with E-state index in [9.17, 15) is 4.79 Å². The SMILES string of the molecule is CCOc1cc(CC)ccc1-n1cc(OC)c(=O)c(-c2ccnn2-c2ccccc2)n1. The summed E-state index contributed by atoms with van der Waals surface area (Å²) in [5.41, 5.74) is 3.22. The first-order valence-electron chi connectivity index (χ1n) is 10.2. The maximum absolute atomic E-state index is 13.1. The van der Waals surface area contributed by atoms with Gasteiger partial charge in [-0.05, 0) is 49.2 Å². The van der Waals surface area contributed by atoms with Crippen LogP contribution in [0.1, 0.15) is 19.4 Å². The highest BCUT2D eigenvalue weighted by Crippen LogP contribution is 2.27. The van der Waals surface area contributed by atoms with E-state index >= 15 is 0 Å². The van der Waals surface area contributed by atoms with Crippen LogP contribution in [0.3, 0.4) is 0 Å². The van der Waals surface area contributed by atoms with Crippen LogP contribution in [0.4, 0.5) is 0 Å². The lowest BCUT2D eigenvalue weighted by Crippen LogP contribution is -2.18. The molecule has 0 saturated heterocycles. The van der Waals surface area contributed by atoms with Crippen molar-refractivity contribution in [1.29, 1.82) is 0 Å². The molecule has 4 aromatic rings. The topological polar surface area (TPSA) is 71.2 Å². The Morgan fingerprint density at radius 2 is 1.81 bits per heavy atom. The fraction of sp³-hybridized carbons (Fsp3) is 0.208. The molecule has 2 heterocycles. The highest BCUT2D eigenvalue weighted by molar-refractivity contribution is 5.60. The summed E-state index contributed by atoms with van der Waals surface area (Å²) in [6.45, 7) is 4.55. The van der Waals surface area contributed by atoms with Gasteiger partial charge in [-0.25, -0.2) is 9.36 Å². The molecule has 2 aromatic heterocycles. The Hall–Kier alpha value is -3.87. The Bertz CT molecular complexity index is 1250. The first kappa shape index (κ1) is 20.4. The van der Waals surface area contributed by atoms with Gasteiger partial charge in [-0.3, -0.25) is 4.79 Å². The van der Waals surface area contributed by atoms with E-state index in [4.69, 9.17) is 9.47 Å². The minimum Gasteiger partial charge on any atom is -0.492 e. The van der Waals surface area contributed by atoms with Gasteiger partial charge in [0.1, 0.15) is 11.4 Å². The molecule has 4 rings (SSSR count). The molecular formula is C24H24N4O3. The number of nitrogens with zero attached hydrogens (tertiary/aromatic N) is 4. The summed E-state index contributed by atoms with van der Waals surface area (Å²) >= 11 is 0. The maximum Gasteiger partial charge on any atom is 0.251 e. The third-order valence-corrected chi connectivity index (χ3v) is 4.97. The largest absolute Gasteiger partial charge is 0.492 e. The van der Waals surface area contributed by atoms with Crippen LogP contribution in [0.25, 0.3) is 22.8 Å². The smallest absolute Gasteiger partial charge is 0.251 e. The average Bonchev–Trinajstić information content (AvgIpc) is 3.30. The van der Waals surface area contributed by atoms with Gasteiger partial charge < -0.3 is 9.47 Å². The van der Waals surface area contributed by atoms with Crippen molar-refractivity contribution in [1.82, 2.24) is 19.6 Å². The summed E-state index contributed by atoms with van der Waals surface area (Å²) in [7, 11) is 1.48. The van der Waals surface area contributed by atoms with Crippen molar-refractivity contribution in [3.8, 4) is 34.3 Å². The first-order chi connectivity index (χ1) is 15.2. The number of para-hydroxylation sites is 1. The number of aromatic nitrogens is 4. The molecular weight excluding hydrogens is 392 g/mol. The van der Waals surface area contributed by atoms with Crippen LogP contribution in [0.2, 0.25) is 0 Å². The summed E-state index contributed by atoms with van der Waals surface area (Å²) in [5.74, 6) is 0.885. The van der Waals surface area contributed by atoms with Gasteiger partial charge in [-0.1, -0.05) is 31.2 Å². The molecule has 0 spiro atoms. The van der Waals surface area contributed by atoms with Crippen LogP contribution in [0.15, 0.2) is 71.8 Å². The number of benzene rings is 2. The second kappa shape index (κ2) is 8.87. The second-order valence-corrected chi connectivity index (χ2v) is 6.87. The highest BCUT2D eigenvalue weighted by Gasteiger charge is 2.19. The van der Waals surface area contributed by atoms with Gasteiger partial charge in [-0.15, -0.1) is 0 Å². The summed E-state index contributed by atoms with van der Waals surface area (Å²) in [6.07, 6.45) is 4.12. The molecule has 7 nitrogen and oxygen atoms in total. The normalized spacial score (nSPS) is 10.8. The van der Waals surface area contributed by atoms with Gasteiger partial charge in [0.05, 0.1) is 37.5 Å². The molecule has 0 amide bonds. The molecule has 0 unspecified atom stereocenters. The average molecular weight is 416 g/mol. The van der Waals surface area contributed by atoms with Crippen LogP contribution < -0.4 is 14.9 Å². The zero-order valence-corrected chi connectivity index (χ0v) is 17.8. The third-order valence-electron chi connectivity index (χ3n) is 4.97. The van der Waals surface area contributed by atoms with Crippen LogP contribution >= 0.6 is 0 Å². The summed E-state index contributed by atoms with van der Waals surface area (Å²) in [4.78, 5) is 13.1. The monoisotopic (exact) mass is 416 g/mol. The van der Waals surface area contributed by atoms with E-state index in [1.807, 2.05) is 55.5 Å². The van der Waals surface area contributed by atoms with Gasteiger partial charge in [0, 0.05) is 0 Å². The van der Waals surface area contributed by atoms with Crippen molar-refractivity contribution in [2.45, 2.75) is 20.3 Å². The van der Waals surface area contributed by atoms with Crippen molar-refractivity contribution in [3.05, 3.63) is 82.8 Å². The van der Waals surface area contributed by atoms with Crippen molar-refractivity contribution < 1.29 is 9.47 Å². The van der Waals surface area contributed by atoms with Crippen LogP contribution in [0, 0.1) is 0 Å². The van der Waals surface area contributed by atoms with E-state index in [1.54, 1.807) is 27.8 Å². The predicted octanol–water partition coefficient (Wildman–Crippen LogP) is 4.05. The maximum atomic E-state index is 13.1. The van der Waals surface area contributed by atoms with Crippen LogP contribution in [-0.4, -0.2) is 33.3 Å². The minimum atomic E-state index is -0.306. The molecule has 0 aliphatic carbocycles. The number of aryl methyl sites for hydroxylation is 1. The number of ether oxygens (including phenoxy) is 2. The lowest BCUT2D eigenvalue weighted by Gasteiger charge is -2.15. The lowest BCUT2D eigenvalue weighted by atomic mass is 10.1. The van der Waals surface area contributed by atoms with Crippen LogP contribution in [0.5, 0.6) is 11.5 Å². The molecule has 0 fully saturated rings. The molecule has 158 valence electrons. The van der Waals surface area contributed by atoms with E-state index in [0.29, 0.717) is 18.1 Å². The molecule has 0 radical (unpaired) electrons. The van der Waals surface area contributed by atoms with E-state index in [0.717, 1.165) is 23.4 Å². The fourth-order valence-corrected chi connectivity index (χ4v) is 3.40. The molecule has 0 atom stereocenters. The third kappa shape index (κ3) is 3.94. The van der Waals surface area contributed by atoms with Crippen molar-refractivity contribution in [3.63, 3.8) is 0 Å². The fourth-order valence-electron chi connectivity index (χ4n) is 3.40. The first-order valence-corrected chi connectivity index (χ1v) is 10.2. The van der Waals surface area contributed by atoms with E-state index in [-0.39, 0.29) is 16.9 Å². The van der Waals surface area contributed by atoms with Crippen molar-refractivity contribution >= 4 is 0 Å². The lowest BCUT2D eigenvalue weighted by molar-refractivity contribution is 0.337. The number of rotatable bonds is 7. The van der Waals surface area contributed by atoms with Gasteiger partial charge in [0.15, 0.2) is 11.4 Å². The Morgan fingerprint density at radius 1 is 1.00 bits per heavy atom. The van der Waals surface area contributed by atoms with E-state index in [1.165, 1.54) is 7.11 Å². The van der Waals surface area contributed by atoms with Crippen molar-refractivity contribution in [2.75, 3.05) is 13.7 Å². The van der Waals surface area contributed by atoms with E-state index in [2.05, 4.69) is 17.1 Å². The molecule has 2 aromatic carbocycles. The molecule has 0 aliphatic heterocycles. The highest BCUT2D eigenvalue weighted by atomic mass is 16.5. The van der Waals surface area contributed by atoms with Gasteiger partial charge in [-0.2, -0.15) is 10.2 Å². The molecule has 0 bridgehead atoms. The van der Waals surface area contributed by atoms with Gasteiger partial charge >= 0.3 is 0 Å². The van der Waals surface area contributed by atoms with Crippen LogP contribution in [-0.2, 0) is 6.42 Å². The predicted molar refractivity (Wildman–Crippen MR) is 119 cm³/mol. The number of hydrogen-bond donors (Lipinski definition) is 0. The summed E-state index contributed by atoms with van der Waals surface area (Å²) in [5, 5.41) is 9.06. The van der Waals surface area contributed by atoms with Crippen molar-refractivity contribution in [2.24, 2.45) is 0 Å². The molecule has 0 aliphatic rings. The minimum absolute atomic E-state index is 0.188. The zero-order chi connectivity index (χ0) is 21.8. The van der Waals surface area contributed by atoms with Gasteiger partial charge in [0.2, 0.25) is 0 Å². The molecule has 0 N–H and O–H groups in total. The summed E-state index contributed by atoms with van der Waals surface area (Å²) < 4.78 is 14.6. The Balaban J connectivity index is 1.92. The van der Waals surface area contributed by atoms with E-state index < -0.39 is 0 Å². The summed E-state index contributed by atoms with van der Waals surface area (Å²) in [6, 6.07) is 17.3. The Labute approximate surface area is 180 Å². The Kier molecular flexibility index (Phi) is 5.84. The second-order valence-electron chi connectivity index (χ2n) is 6.87. The molecule has 7 heteroatoms. The molecule has 0 saturated carbocycles. The number of methoxy groups -OCH3 is 1. The Morgan fingerprint density at radius 3 is 2.52 bits per heavy atom. The standard InChI is InChI=1S/C24H24N4O3/c1-4-17-11-12-19(21(15-17)31-5-2)27-16-22(30-3)24(29)23(26-27)20-13-14-25-28(20)18-9-7-6-8-10-18/h6-16H,4-5H2,1-3H3. The molecule has 31 heavy (non-hydrogen) atoms. The number of hydrogen-bond acceptors (Lipinski definition) is 5.